The number of rotatable bonds is 3. The van der Waals surface area contributed by atoms with E-state index in [0.717, 1.165) is 0 Å². The van der Waals surface area contributed by atoms with Gasteiger partial charge in [0.1, 0.15) is 17.3 Å². The molecular weight excluding hydrogens is 361 g/mol. The van der Waals surface area contributed by atoms with Gasteiger partial charge in [0, 0.05) is 6.20 Å². The molecule has 0 atom stereocenters. The van der Waals surface area contributed by atoms with Crippen LogP contribution in [-0.4, -0.2) is 25.4 Å². The summed E-state index contributed by atoms with van der Waals surface area (Å²) in [4.78, 5) is 24.0. The molecule has 0 aliphatic rings. The van der Waals surface area contributed by atoms with Gasteiger partial charge in [-0.3, -0.25) is 9.36 Å². The van der Waals surface area contributed by atoms with Gasteiger partial charge >= 0.3 is 0 Å². The summed E-state index contributed by atoms with van der Waals surface area (Å²) in [5.41, 5.74) is 0.916. The van der Waals surface area contributed by atoms with Crippen molar-refractivity contribution < 1.29 is 4.79 Å². The smallest absolute Gasteiger partial charge is 0.257 e. The summed E-state index contributed by atoms with van der Waals surface area (Å²) in [6.07, 6.45) is 4.36. The fraction of sp³-hybridized carbons (Fsp3) is 0. The molecule has 1 amide bonds. The second-order valence-electron chi connectivity index (χ2n) is 4.42. The Morgan fingerprint density at radius 1 is 1.00 bits per heavy atom. The zero-order valence-electron chi connectivity index (χ0n) is 11.4. The summed E-state index contributed by atoms with van der Waals surface area (Å²) in [7, 11) is 0. The fourth-order valence-electron chi connectivity index (χ4n) is 1.79. The van der Waals surface area contributed by atoms with E-state index in [1.165, 1.54) is 23.3 Å². The third kappa shape index (κ3) is 3.44. The second-order valence-corrected chi connectivity index (χ2v) is 5.53. The highest BCUT2D eigenvalue weighted by Gasteiger charge is 2.10. The number of carbonyl (C=O) groups is 1. The number of nitrogens with one attached hydrogen (secondary N) is 1. The van der Waals surface area contributed by atoms with E-state index in [2.05, 4.69) is 20.3 Å². The van der Waals surface area contributed by atoms with E-state index in [-0.39, 0.29) is 16.2 Å². The molecule has 0 aromatic carbocycles. The minimum absolute atomic E-state index is 0.195. The Balaban J connectivity index is 1.76. The number of aromatic nitrogens is 4. The lowest BCUT2D eigenvalue weighted by Crippen LogP contribution is -2.12. The van der Waals surface area contributed by atoms with Crippen molar-refractivity contribution in [3.05, 3.63) is 64.0 Å². The molecule has 6 nitrogen and oxygen atoms in total. The van der Waals surface area contributed by atoms with Crippen LogP contribution in [0, 0.1) is 0 Å². The van der Waals surface area contributed by atoms with Crippen LogP contribution in [0.2, 0.25) is 15.5 Å². The first-order valence-electron chi connectivity index (χ1n) is 6.32. The molecule has 1 N–H and O–H groups in total. The molecule has 0 radical (unpaired) electrons. The van der Waals surface area contributed by atoms with Gasteiger partial charge in [-0.05, 0) is 24.3 Å². The zero-order chi connectivity index (χ0) is 16.4. The second kappa shape index (κ2) is 6.54. The van der Waals surface area contributed by atoms with E-state index in [1.807, 2.05) is 0 Å². The van der Waals surface area contributed by atoms with E-state index in [1.54, 1.807) is 24.3 Å². The van der Waals surface area contributed by atoms with Gasteiger partial charge in [0.25, 0.3) is 5.91 Å². The van der Waals surface area contributed by atoms with Gasteiger partial charge in [-0.1, -0.05) is 34.8 Å². The molecule has 0 spiro atoms. The third-order valence-corrected chi connectivity index (χ3v) is 3.87. The summed E-state index contributed by atoms with van der Waals surface area (Å²) in [6.45, 7) is 0. The van der Waals surface area contributed by atoms with Crippen LogP contribution in [0.1, 0.15) is 10.4 Å². The van der Waals surface area contributed by atoms with Crippen molar-refractivity contribution in [2.75, 3.05) is 5.32 Å². The number of pyridine rings is 2. The molecule has 0 unspecified atom stereocenters. The molecular formula is C14H8Cl3N5O. The van der Waals surface area contributed by atoms with Crippen LogP contribution in [0.25, 0.3) is 5.82 Å². The van der Waals surface area contributed by atoms with Gasteiger partial charge in [-0.15, -0.1) is 0 Å². The maximum absolute atomic E-state index is 12.1. The predicted molar refractivity (Wildman–Crippen MR) is 88.6 cm³/mol. The van der Waals surface area contributed by atoms with Gasteiger partial charge in [-0.25, -0.2) is 15.0 Å². The minimum atomic E-state index is -0.313. The Morgan fingerprint density at radius 2 is 1.83 bits per heavy atom. The molecule has 3 rings (SSSR count). The molecule has 9 heteroatoms. The normalized spacial score (nSPS) is 10.6. The number of imidazole rings is 1. The number of anilines is 1. The maximum Gasteiger partial charge on any atom is 0.257 e. The standard InChI is InChI=1S/C14H8Cl3N5O/c15-10-3-1-8(5-18-10)14(23)21-9-2-4-11(19-6-9)22-7-20-12(16)13(22)17/h1-7H,(H,21,23). The number of carbonyl (C=O) groups excluding carboxylic acids is 1. The summed E-state index contributed by atoms with van der Waals surface area (Å²) in [6, 6.07) is 6.50. The average molecular weight is 369 g/mol. The molecule has 0 saturated heterocycles. The lowest BCUT2D eigenvalue weighted by molar-refractivity contribution is 0.102. The van der Waals surface area contributed by atoms with E-state index < -0.39 is 0 Å². The molecule has 116 valence electrons. The van der Waals surface area contributed by atoms with Crippen LogP contribution in [0.5, 0.6) is 0 Å². The number of hydrogen-bond donors (Lipinski definition) is 1. The highest BCUT2D eigenvalue weighted by atomic mass is 35.5. The number of nitrogens with zero attached hydrogens (tertiary/aromatic N) is 4. The van der Waals surface area contributed by atoms with Crippen molar-refractivity contribution >= 4 is 46.4 Å². The van der Waals surface area contributed by atoms with Gasteiger partial charge in [0.2, 0.25) is 0 Å². The van der Waals surface area contributed by atoms with Gasteiger partial charge in [-0.2, -0.15) is 0 Å². The van der Waals surface area contributed by atoms with Crippen LogP contribution in [0.4, 0.5) is 5.69 Å². The molecule has 3 aromatic heterocycles. The Morgan fingerprint density at radius 3 is 2.39 bits per heavy atom. The van der Waals surface area contributed by atoms with Gasteiger partial charge in [0.05, 0.1) is 17.4 Å². The van der Waals surface area contributed by atoms with Crippen molar-refractivity contribution in [3.8, 4) is 5.82 Å². The summed E-state index contributed by atoms with van der Waals surface area (Å²) < 4.78 is 1.53. The number of amides is 1. The SMILES string of the molecule is O=C(Nc1ccc(-n2cnc(Cl)c2Cl)nc1)c1ccc(Cl)nc1. The van der Waals surface area contributed by atoms with Crippen LogP contribution >= 0.6 is 34.8 Å². The Hall–Kier alpha value is -2.15. The van der Waals surface area contributed by atoms with E-state index >= 15 is 0 Å². The van der Waals surface area contributed by atoms with Crippen molar-refractivity contribution in [3.63, 3.8) is 0 Å². The maximum atomic E-state index is 12.1. The van der Waals surface area contributed by atoms with Crippen LogP contribution in [0.3, 0.4) is 0 Å². The lowest BCUT2D eigenvalue weighted by Gasteiger charge is -2.07. The zero-order valence-corrected chi connectivity index (χ0v) is 13.6. The first-order valence-corrected chi connectivity index (χ1v) is 7.45. The highest BCUT2D eigenvalue weighted by Crippen LogP contribution is 2.23. The Labute approximate surface area is 146 Å². The molecule has 0 fully saturated rings. The minimum Gasteiger partial charge on any atom is -0.321 e. The Kier molecular flexibility index (Phi) is 4.47. The topological polar surface area (TPSA) is 72.7 Å². The van der Waals surface area contributed by atoms with Crippen molar-refractivity contribution in [2.45, 2.75) is 0 Å². The third-order valence-electron chi connectivity index (χ3n) is 2.91. The quantitative estimate of drug-likeness (QED) is 0.712. The number of halogens is 3. The molecule has 3 aromatic rings. The highest BCUT2D eigenvalue weighted by molar-refractivity contribution is 6.40. The first kappa shape index (κ1) is 15.7. The summed E-state index contributed by atoms with van der Waals surface area (Å²) >= 11 is 17.5. The molecule has 23 heavy (non-hydrogen) atoms. The van der Waals surface area contributed by atoms with Crippen LogP contribution in [0.15, 0.2) is 43.0 Å². The van der Waals surface area contributed by atoms with Crippen LogP contribution in [-0.2, 0) is 0 Å². The van der Waals surface area contributed by atoms with Gasteiger partial charge < -0.3 is 5.32 Å². The van der Waals surface area contributed by atoms with Crippen molar-refractivity contribution in [2.24, 2.45) is 0 Å². The molecule has 0 bridgehead atoms. The number of hydrogen-bond acceptors (Lipinski definition) is 4. The van der Waals surface area contributed by atoms with Gasteiger partial charge in [0.15, 0.2) is 10.3 Å². The Bertz CT molecular complexity index is 846. The van der Waals surface area contributed by atoms with E-state index in [9.17, 15) is 4.79 Å². The van der Waals surface area contributed by atoms with E-state index in [0.29, 0.717) is 22.2 Å². The summed E-state index contributed by atoms with van der Waals surface area (Å²) in [5, 5.41) is 3.49. The largest absolute Gasteiger partial charge is 0.321 e. The lowest BCUT2D eigenvalue weighted by atomic mass is 10.2. The van der Waals surface area contributed by atoms with Crippen molar-refractivity contribution in [1.82, 2.24) is 19.5 Å². The molecule has 3 heterocycles. The van der Waals surface area contributed by atoms with Crippen molar-refractivity contribution in [1.29, 1.82) is 0 Å². The average Bonchev–Trinajstić information content (AvgIpc) is 2.88. The van der Waals surface area contributed by atoms with E-state index in [4.69, 9.17) is 34.8 Å². The predicted octanol–water partition coefficient (Wildman–Crippen LogP) is 3.87. The molecule has 0 saturated carbocycles. The fourth-order valence-corrected chi connectivity index (χ4v) is 2.21. The first-order chi connectivity index (χ1) is 11.0. The monoisotopic (exact) mass is 367 g/mol. The van der Waals surface area contributed by atoms with Crippen LogP contribution < -0.4 is 5.32 Å². The molecule has 0 aliphatic heterocycles. The molecule has 0 aliphatic carbocycles. The summed E-state index contributed by atoms with van der Waals surface area (Å²) in [5.74, 6) is 0.216.